The van der Waals surface area contributed by atoms with Gasteiger partial charge in [-0.15, -0.1) is 0 Å². The van der Waals surface area contributed by atoms with Gasteiger partial charge in [-0.1, -0.05) is 19.1 Å². The number of rotatable bonds is 7. The minimum Gasteiger partial charge on any atom is -0.369 e. The Morgan fingerprint density at radius 3 is 2.68 bits per heavy atom. The van der Waals surface area contributed by atoms with Crippen molar-refractivity contribution in [2.75, 3.05) is 18.5 Å². The Balaban J connectivity index is 2.59. The summed E-state index contributed by atoms with van der Waals surface area (Å²) in [5.74, 6) is -0.123. The molecular weight excluding hydrogens is 240 g/mol. The second kappa shape index (κ2) is 7.92. The van der Waals surface area contributed by atoms with Crippen LogP contribution in [-0.2, 0) is 9.53 Å². The van der Waals surface area contributed by atoms with Gasteiger partial charge in [0.05, 0.1) is 6.10 Å². The van der Waals surface area contributed by atoms with Crippen LogP contribution in [0, 0.1) is 0 Å². The van der Waals surface area contributed by atoms with E-state index in [1.165, 1.54) is 0 Å². The summed E-state index contributed by atoms with van der Waals surface area (Å²) in [6.07, 6.45) is 0.0610. The fourth-order valence-electron chi connectivity index (χ4n) is 1.75. The molecule has 0 aliphatic rings. The van der Waals surface area contributed by atoms with Crippen LogP contribution < -0.4 is 10.6 Å². The molecule has 0 heterocycles. The fraction of sp³-hybridized carbons (Fsp3) is 0.533. The van der Waals surface area contributed by atoms with Gasteiger partial charge in [0.15, 0.2) is 0 Å². The summed E-state index contributed by atoms with van der Waals surface area (Å²) in [5, 5.41) is 6.19. The number of amides is 1. The number of nitrogens with one attached hydrogen (secondary N) is 2. The monoisotopic (exact) mass is 264 g/mol. The Morgan fingerprint density at radius 2 is 2.05 bits per heavy atom. The summed E-state index contributed by atoms with van der Waals surface area (Å²) >= 11 is 0. The molecule has 0 aromatic heterocycles. The highest BCUT2D eigenvalue weighted by Crippen LogP contribution is 2.17. The molecule has 1 aromatic rings. The lowest BCUT2D eigenvalue weighted by Gasteiger charge is -2.14. The van der Waals surface area contributed by atoms with Crippen molar-refractivity contribution in [2.45, 2.75) is 39.8 Å². The van der Waals surface area contributed by atoms with Gasteiger partial charge >= 0.3 is 0 Å². The van der Waals surface area contributed by atoms with Gasteiger partial charge in [0.25, 0.3) is 0 Å². The van der Waals surface area contributed by atoms with Crippen molar-refractivity contribution >= 4 is 11.6 Å². The average Bonchev–Trinajstić information content (AvgIpc) is 2.37. The first kappa shape index (κ1) is 15.7. The number of anilines is 1. The standard InChI is InChI=1S/C15H24N2O2/c1-5-16-12(4)13-7-6-8-14(9-13)17-15(18)10-19-11(2)3/h6-9,11-12,16H,5,10H2,1-4H3,(H,17,18). The number of benzene rings is 1. The summed E-state index contributed by atoms with van der Waals surface area (Å²) in [6.45, 7) is 9.00. The van der Waals surface area contributed by atoms with E-state index in [4.69, 9.17) is 4.74 Å². The predicted octanol–water partition coefficient (Wildman–Crippen LogP) is 2.72. The maximum Gasteiger partial charge on any atom is 0.250 e. The third-order valence-corrected chi connectivity index (χ3v) is 2.73. The smallest absolute Gasteiger partial charge is 0.250 e. The van der Waals surface area contributed by atoms with Crippen LogP contribution in [0.1, 0.15) is 39.3 Å². The lowest BCUT2D eigenvalue weighted by Crippen LogP contribution is -2.21. The zero-order valence-corrected chi connectivity index (χ0v) is 12.2. The first-order chi connectivity index (χ1) is 9.02. The highest BCUT2D eigenvalue weighted by Gasteiger charge is 2.07. The molecule has 4 heteroatoms. The summed E-state index contributed by atoms with van der Waals surface area (Å²) < 4.78 is 5.27. The molecule has 0 radical (unpaired) electrons. The first-order valence-electron chi connectivity index (χ1n) is 6.77. The van der Waals surface area contributed by atoms with Crippen molar-refractivity contribution in [2.24, 2.45) is 0 Å². The molecular formula is C15H24N2O2. The van der Waals surface area contributed by atoms with Crippen LogP contribution in [0.15, 0.2) is 24.3 Å². The number of hydrogen-bond donors (Lipinski definition) is 2. The van der Waals surface area contributed by atoms with E-state index < -0.39 is 0 Å². The van der Waals surface area contributed by atoms with Gasteiger partial charge in [-0.3, -0.25) is 4.79 Å². The SMILES string of the molecule is CCNC(C)c1cccc(NC(=O)COC(C)C)c1. The van der Waals surface area contributed by atoms with Crippen molar-refractivity contribution in [1.29, 1.82) is 0 Å². The molecule has 1 aromatic carbocycles. The summed E-state index contributed by atoms with van der Waals surface area (Å²) in [5.41, 5.74) is 1.96. The van der Waals surface area contributed by atoms with Crippen molar-refractivity contribution < 1.29 is 9.53 Å². The Kier molecular flexibility index (Phi) is 6.53. The molecule has 1 atom stereocenters. The van der Waals surface area contributed by atoms with E-state index in [-0.39, 0.29) is 24.7 Å². The largest absolute Gasteiger partial charge is 0.369 e. The lowest BCUT2D eigenvalue weighted by molar-refractivity contribution is -0.121. The number of carbonyl (C=O) groups is 1. The van der Waals surface area contributed by atoms with Crippen LogP contribution in [0.25, 0.3) is 0 Å². The van der Waals surface area contributed by atoms with E-state index in [2.05, 4.69) is 24.5 Å². The molecule has 0 bridgehead atoms. The quantitative estimate of drug-likeness (QED) is 0.796. The van der Waals surface area contributed by atoms with Gasteiger partial charge in [0, 0.05) is 11.7 Å². The van der Waals surface area contributed by atoms with E-state index >= 15 is 0 Å². The normalized spacial score (nSPS) is 12.5. The Morgan fingerprint density at radius 1 is 1.32 bits per heavy atom. The second-order valence-electron chi connectivity index (χ2n) is 4.81. The molecule has 0 aliphatic carbocycles. The molecule has 4 nitrogen and oxygen atoms in total. The number of ether oxygens (including phenoxy) is 1. The summed E-state index contributed by atoms with van der Waals surface area (Å²) in [6, 6.07) is 8.14. The molecule has 19 heavy (non-hydrogen) atoms. The van der Waals surface area contributed by atoms with E-state index in [9.17, 15) is 4.79 Å². The molecule has 0 saturated heterocycles. The number of hydrogen-bond acceptors (Lipinski definition) is 3. The van der Waals surface area contributed by atoms with Gasteiger partial charge in [0.1, 0.15) is 6.61 Å². The molecule has 106 valence electrons. The van der Waals surface area contributed by atoms with Gasteiger partial charge < -0.3 is 15.4 Å². The lowest BCUT2D eigenvalue weighted by atomic mass is 10.1. The minimum absolute atomic E-state index is 0.0610. The van der Waals surface area contributed by atoms with E-state index in [0.29, 0.717) is 0 Å². The highest BCUT2D eigenvalue weighted by atomic mass is 16.5. The van der Waals surface area contributed by atoms with Gasteiger partial charge in [-0.2, -0.15) is 0 Å². The maximum atomic E-state index is 11.7. The molecule has 0 spiro atoms. The zero-order valence-electron chi connectivity index (χ0n) is 12.2. The highest BCUT2D eigenvalue weighted by molar-refractivity contribution is 5.91. The van der Waals surface area contributed by atoms with Crippen molar-refractivity contribution in [3.63, 3.8) is 0 Å². The molecule has 0 fully saturated rings. The third kappa shape index (κ3) is 5.85. The van der Waals surface area contributed by atoms with Crippen LogP contribution >= 0.6 is 0 Å². The average molecular weight is 264 g/mol. The molecule has 1 amide bonds. The Hall–Kier alpha value is -1.39. The summed E-state index contributed by atoms with van der Waals surface area (Å²) in [4.78, 5) is 11.7. The van der Waals surface area contributed by atoms with E-state index in [1.54, 1.807) is 0 Å². The van der Waals surface area contributed by atoms with Crippen LogP contribution in [0.4, 0.5) is 5.69 Å². The van der Waals surface area contributed by atoms with Crippen molar-refractivity contribution in [3.8, 4) is 0 Å². The van der Waals surface area contributed by atoms with Gasteiger partial charge in [0.2, 0.25) is 5.91 Å². The van der Waals surface area contributed by atoms with E-state index in [0.717, 1.165) is 17.8 Å². The molecule has 0 saturated carbocycles. The second-order valence-corrected chi connectivity index (χ2v) is 4.81. The zero-order chi connectivity index (χ0) is 14.3. The predicted molar refractivity (Wildman–Crippen MR) is 78.3 cm³/mol. The Bertz CT molecular complexity index is 405. The maximum absolute atomic E-state index is 11.7. The topological polar surface area (TPSA) is 50.4 Å². The van der Waals surface area contributed by atoms with Crippen LogP contribution in [0.5, 0.6) is 0 Å². The van der Waals surface area contributed by atoms with Gasteiger partial charge in [-0.05, 0) is 45.0 Å². The van der Waals surface area contributed by atoms with Crippen LogP contribution in [0.2, 0.25) is 0 Å². The van der Waals surface area contributed by atoms with Crippen LogP contribution in [-0.4, -0.2) is 25.2 Å². The summed E-state index contributed by atoms with van der Waals surface area (Å²) in [7, 11) is 0. The third-order valence-electron chi connectivity index (χ3n) is 2.73. The van der Waals surface area contributed by atoms with Gasteiger partial charge in [-0.25, -0.2) is 0 Å². The van der Waals surface area contributed by atoms with Crippen LogP contribution in [0.3, 0.4) is 0 Å². The first-order valence-corrected chi connectivity index (χ1v) is 6.77. The van der Waals surface area contributed by atoms with E-state index in [1.807, 2.05) is 38.1 Å². The number of carbonyl (C=O) groups excluding carboxylic acids is 1. The van der Waals surface area contributed by atoms with Crippen molar-refractivity contribution in [1.82, 2.24) is 5.32 Å². The molecule has 2 N–H and O–H groups in total. The minimum atomic E-state index is -0.123. The Labute approximate surface area is 115 Å². The fourth-order valence-corrected chi connectivity index (χ4v) is 1.75. The molecule has 1 unspecified atom stereocenters. The molecule has 0 aliphatic heterocycles. The van der Waals surface area contributed by atoms with Crippen molar-refractivity contribution in [3.05, 3.63) is 29.8 Å². The molecule has 1 rings (SSSR count).